The van der Waals surface area contributed by atoms with Gasteiger partial charge in [-0.25, -0.2) is 12.4 Å². The molecule has 0 aliphatic carbocycles. The average Bonchev–Trinajstić information content (AvgIpc) is 3.05. The van der Waals surface area contributed by atoms with Crippen molar-refractivity contribution in [1.82, 2.24) is 9.29 Å². The van der Waals surface area contributed by atoms with Gasteiger partial charge in [0, 0.05) is 23.5 Å². The Labute approximate surface area is 166 Å². The summed E-state index contributed by atoms with van der Waals surface area (Å²) >= 11 is 0. The topological polar surface area (TPSA) is 68.2 Å². The quantitative estimate of drug-likeness (QED) is 0.709. The van der Waals surface area contributed by atoms with Crippen molar-refractivity contribution in [3.63, 3.8) is 0 Å². The van der Waals surface area contributed by atoms with E-state index in [4.69, 9.17) is 0 Å². The minimum absolute atomic E-state index is 0.00102. The van der Waals surface area contributed by atoms with Gasteiger partial charge in [0.05, 0.1) is 10.4 Å². The van der Waals surface area contributed by atoms with Crippen LogP contribution in [0.5, 0.6) is 0 Å². The smallest absolute Gasteiger partial charge is 0.268 e. The van der Waals surface area contributed by atoms with Crippen LogP contribution in [0.3, 0.4) is 0 Å². The van der Waals surface area contributed by atoms with E-state index in [0.717, 1.165) is 16.5 Å². The van der Waals surface area contributed by atoms with Gasteiger partial charge in [0.1, 0.15) is 0 Å². The minimum atomic E-state index is -3.66. The number of fused-ring (bicyclic) bond motifs is 1. The SMILES string of the molecule is Cc1ccc(S(=O)(=O)n2ccc3ccc(CCNC(=O)C(C)(C)C)cc32)cc1. The van der Waals surface area contributed by atoms with E-state index in [9.17, 15) is 13.2 Å². The van der Waals surface area contributed by atoms with Gasteiger partial charge in [-0.05, 0) is 43.2 Å². The van der Waals surface area contributed by atoms with Crippen LogP contribution in [0.2, 0.25) is 0 Å². The Balaban J connectivity index is 1.86. The number of carbonyl (C=O) groups excluding carboxylic acids is 1. The number of hydrogen-bond donors (Lipinski definition) is 1. The van der Waals surface area contributed by atoms with Crippen LogP contribution >= 0.6 is 0 Å². The molecule has 0 spiro atoms. The predicted octanol–water partition coefficient (Wildman–Crippen LogP) is 3.89. The summed E-state index contributed by atoms with van der Waals surface area (Å²) in [5, 5.41) is 3.78. The molecule has 0 atom stereocenters. The fourth-order valence-electron chi connectivity index (χ4n) is 2.92. The summed E-state index contributed by atoms with van der Waals surface area (Å²) in [4.78, 5) is 12.3. The molecule has 1 amide bonds. The Morgan fingerprint density at radius 2 is 1.71 bits per heavy atom. The molecule has 6 heteroatoms. The van der Waals surface area contributed by atoms with Crippen molar-refractivity contribution in [3.8, 4) is 0 Å². The molecule has 0 radical (unpaired) electrons. The lowest BCUT2D eigenvalue weighted by molar-refractivity contribution is -0.128. The zero-order chi connectivity index (χ0) is 20.5. The minimum Gasteiger partial charge on any atom is -0.355 e. The first-order valence-corrected chi connectivity index (χ1v) is 10.7. The largest absolute Gasteiger partial charge is 0.355 e. The van der Waals surface area contributed by atoms with Crippen LogP contribution in [0, 0.1) is 12.3 Å². The van der Waals surface area contributed by atoms with E-state index >= 15 is 0 Å². The third kappa shape index (κ3) is 4.12. The first kappa shape index (κ1) is 20.1. The highest BCUT2D eigenvalue weighted by Crippen LogP contribution is 2.24. The van der Waals surface area contributed by atoms with Gasteiger partial charge in [-0.2, -0.15) is 0 Å². The van der Waals surface area contributed by atoms with E-state index in [1.807, 2.05) is 45.9 Å². The molecule has 0 aliphatic rings. The lowest BCUT2D eigenvalue weighted by Gasteiger charge is -2.17. The van der Waals surface area contributed by atoms with Crippen molar-refractivity contribution in [2.75, 3.05) is 6.54 Å². The summed E-state index contributed by atoms with van der Waals surface area (Å²) in [7, 11) is -3.66. The molecule has 3 rings (SSSR count). The van der Waals surface area contributed by atoms with Gasteiger partial charge in [0.25, 0.3) is 10.0 Å². The molecule has 5 nitrogen and oxygen atoms in total. The molecule has 148 valence electrons. The lowest BCUT2D eigenvalue weighted by atomic mass is 9.95. The van der Waals surface area contributed by atoms with Gasteiger partial charge in [-0.3, -0.25) is 4.79 Å². The van der Waals surface area contributed by atoms with E-state index in [1.165, 1.54) is 3.97 Å². The molecule has 28 heavy (non-hydrogen) atoms. The van der Waals surface area contributed by atoms with Gasteiger partial charge in [0.2, 0.25) is 5.91 Å². The van der Waals surface area contributed by atoms with Crippen LogP contribution in [0.4, 0.5) is 0 Å². The zero-order valence-corrected chi connectivity index (χ0v) is 17.5. The van der Waals surface area contributed by atoms with E-state index in [0.29, 0.717) is 18.5 Å². The second-order valence-corrected chi connectivity index (χ2v) is 9.89. The normalized spacial score (nSPS) is 12.3. The Morgan fingerprint density at radius 1 is 1.04 bits per heavy atom. The van der Waals surface area contributed by atoms with Crippen LogP contribution in [0.25, 0.3) is 10.9 Å². The third-order valence-electron chi connectivity index (χ3n) is 4.68. The Morgan fingerprint density at radius 3 is 2.36 bits per heavy atom. The number of nitrogens with zero attached hydrogens (tertiary/aromatic N) is 1. The number of amides is 1. The molecule has 0 saturated heterocycles. The van der Waals surface area contributed by atoms with Crippen molar-refractivity contribution < 1.29 is 13.2 Å². The van der Waals surface area contributed by atoms with E-state index in [-0.39, 0.29) is 10.8 Å². The van der Waals surface area contributed by atoms with Crippen molar-refractivity contribution in [2.24, 2.45) is 5.41 Å². The monoisotopic (exact) mass is 398 g/mol. The molecule has 1 heterocycles. The van der Waals surface area contributed by atoms with Crippen molar-refractivity contribution in [1.29, 1.82) is 0 Å². The molecule has 3 aromatic rings. The predicted molar refractivity (Wildman–Crippen MR) is 112 cm³/mol. The second kappa shape index (κ2) is 7.43. The first-order chi connectivity index (χ1) is 13.1. The van der Waals surface area contributed by atoms with Crippen molar-refractivity contribution >= 4 is 26.8 Å². The number of hydrogen-bond acceptors (Lipinski definition) is 3. The summed E-state index contributed by atoms with van der Waals surface area (Å²) in [6.45, 7) is 8.05. The summed E-state index contributed by atoms with van der Waals surface area (Å²) in [6, 6.07) is 14.4. The number of aryl methyl sites for hydroxylation is 1. The Hall–Kier alpha value is -2.60. The molecule has 2 aromatic carbocycles. The molecule has 0 fully saturated rings. The number of carbonyl (C=O) groups is 1. The van der Waals surface area contributed by atoms with E-state index < -0.39 is 15.4 Å². The Bertz CT molecular complexity index is 1100. The molecule has 0 bridgehead atoms. The summed E-state index contributed by atoms with van der Waals surface area (Å²) < 4.78 is 27.4. The van der Waals surface area contributed by atoms with Crippen LogP contribution < -0.4 is 5.32 Å². The standard InChI is InChI=1S/C22H26N2O3S/c1-16-5-9-19(10-6-16)28(26,27)24-14-12-18-8-7-17(15-20(18)24)11-13-23-21(25)22(2,3)4/h5-10,12,14-15H,11,13H2,1-4H3,(H,23,25). The van der Waals surface area contributed by atoms with Crippen LogP contribution in [-0.2, 0) is 21.2 Å². The average molecular weight is 399 g/mol. The molecule has 0 aliphatic heterocycles. The third-order valence-corrected chi connectivity index (χ3v) is 6.38. The number of aromatic nitrogens is 1. The summed E-state index contributed by atoms with van der Waals surface area (Å²) in [5.41, 5.74) is 2.19. The van der Waals surface area contributed by atoms with Crippen molar-refractivity contribution in [2.45, 2.75) is 39.0 Å². The molecular weight excluding hydrogens is 372 g/mol. The highest BCUT2D eigenvalue weighted by atomic mass is 32.2. The van der Waals surface area contributed by atoms with Crippen LogP contribution in [-0.4, -0.2) is 24.8 Å². The second-order valence-electron chi connectivity index (χ2n) is 8.08. The Kier molecular flexibility index (Phi) is 5.35. The fraction of sp³-hybridized carbons (Fsp3) is 0.318. The first-order valence-electron chi connectivity index (χ1n) is 9.29. The number of rotatable bonds is 5. The summed E-state index contributed by atoms with van der Waals surface area (Å²) in [5.74, 6) is -0.00102. The van der Waals surface area contributed by atoms with Crippen molar-refractivity contribution in [3.05, 3.63) is 65.9 Å². The van der Waals surface area contributed by atoms with E-state index in [2.05, 4.69) is 5.32 Å². The number of nitrogens with one attached hydrogen (secondary N) is 1. The molecule has 0 saturated carbocycles. The van der Waals surface area contributed by atoms with Gasteiger partial charge >= 0.3 is 0 Å². The highest BCUT2D eigenvalue weighted by molar-refractivity contribution is 7.90. The zero-order valence-electron chi connectivity index (χ0n) is 16.7. The molecule has 0 unspecified atom stereocenters. The maximum atomic E-state index is 13.1. The van der Waals surface area contributed by atoms with Crippen LogP contribution in [0.1, 0.15) is 31.9 Å². The summed E-state index contributed by atoms with van der Waals surface area (Å²) in [6.07, 6.45) is 2.22. The molecular formula is C22H26N2O3S. The lowest BCUT2D eigenvalue weighted by Crippen LogP contribution is -2.35. The van der Waals surface area contributed by atoms with Gasteiger partial charge < -0.3 is 5.32 Å². The molecule has 1 aromatic heterocycles. The fourth-order valence-corrected chi connectivity index (χ4v) is 4.27. The van der Waals surface area contributed by atoms with E-state index in [1.54, 1.807) is 36.5 Å². The molecule has 1 N–H and O–H groups in total. The number of benzene rings is 2. The maximum absolute atomic E-state index is 13.1. The van der Waals surface area contributed by atoms with Crippen LogP contribution in [0.15, 0.2) is 59.6 Å². The van der Waals surface area contributed by atoms with Gasteiger partial charge in [-0.1, -0.05) is 50.6 Å². The highest BCUT2D eigenvalue weighted by Gasteiger charge is 2.21. The van der Waals surface area contributed by atoms with Gasteiger partial charge in [0.15, 0.2) is 0 Å². The van der Waals surface area contributed by atoms with Gasteiger partial charge in [-0.15, -0.1) is 0 Å². The maximum Gasteiger partial charge on any atom is 0.268 e.